The van der Waals surface area contributed by atoms with Gasteiger partial charge in [0.15, 0.2) is 0 Å². The number of ether oxygens (including phenoxy) is 1. The van der Waals surface area contributed by atoms with E-state index in [1.165, 1.54) is 0 Å². The Bertz CT molecular complexity index is 748. The second-order valence-electron chi connectivity index (χ2n) is 4.29. The van der Waals surface area contributed by atoms with Gasteiger partial charge in [-0.2, -0.15) is 5.10 Å². The number of aromatic amines is 2. The molecule has 0 atom stereocenters. The van der Waals surface area contributed by atoms with E-state index in [4.69, 9.17) is 4.74 Å². The molecule has 0 aliphatic rings. The van der Waals surface area contributed by atoms with Gasteiger partial charge < -0.3 is 9.72 Å². The highest BCUT2D eigenvalue weighted by molar-refractivity contribution is 6.02. The van der Waals surface area contributed by atoms with Crippen molar-refractivity contribution in [1.29, 1.82) is 0 Å². The van der Waals surface area contributed by atoms with E-state index in [0.717, 1.165) is 11.3 Å². The van der Waals surface area contributed by atoms with Crippen LogP contribution < -0.4 is 10.1 Å². The van der Waals surface area contributed by atoms with Gasteiger partial charge in [0.25, 0.3) is 5.91 Å². The normalized spacial score (nSPS) is 10.3. The molecule has 0 unspecified atom stereocenters. The van der Waals surface area contributed by atoms with Crippen LogP contribution in [0, 0.1) is 0 Å². The summed E-state index contributed by atoms with van der Waals surface area (Å²) in [6.07, 6.45) is 3.19. The van der Waals surface area contributed by atoms with Crippen LogP contribution in [0.4, 0.5) is 5.95 Å². The molecule has 7 nitrogen and oxygen atoms in total. The maximum atomic E-state index is 12.0. The molecule has 0 bridgehead atoms. The number of amides is 1. The number of anilines is 1. The van der Waals surface area contributed by atoms with Crippen LogP contribution in [-0.4, -0.2) is 33.2 Å². The van der Waals surface area contributed by atoms with Crippen molar-refractivity contribution in [1.82, 2.24) is 20.2 Å². The Hall–Kier alpha value is -3.09. The molecule has 0 radical (unpaired) electrons. The summed E-state index contributed by atoms with van der Waals surface area (Å²) in [4.78, 5) is 18.7. The first-order valence-corrected chi connectivity index (χ1v) is 6.27. The predicted octanol–water partition coefficient (Wildman–Crippen LogP) is 2.06. The summed E-state index contributed by atoms with van der Waals surface area (Å²) in [5, 5.41) is 9.47. The molecule has 2 aromatic heterocycles. The van der Waals surface area contributed by atoms with E-state index in [-0.39, 0.29) is 5.91 Å². The number of benzene rings is 1. The Labute approximate surface area is 120 Å². The van der Waals surface area contributed by atoms with Gasteiger partial charge >= 0.3 is 0 Å². The summed E-state index contributed by atoms with van der Waals surface area (Å²) in [6.45, 7) is 0. The highest BCUT2D eigenvalue weighted by atomic mass is 16.5. The first-order valence-electron chi connectivity index (χ1n) is 6.27. The van der Waals surface area contributed by atoms with Crippen LogP contribution in [0.5, 0.6) is 5.75 Å². The summed E-state index contributed by atoms with van der Waals surface area (Å²) in [6, 6.07) is 9.14. The van der Waals surface area contributed by atoms with E-state index in [0.29, 0.717) is 17.3 Å². The number of hydrogen-bond acceptors (Lipinski definition) is 4. The summed E-state index contributed by atoms with van der Waals surface area (Å²) >= 11 is 0. The number of carbonyl (C=O) groups excluding carboxylic acids is 1. The summed E-state index contributed by atoms with van der Waals surface area (Å²) in [5.41, 5.74) is 1.88. The van der Waals surface area contributed by atoms with Gasteiger partial charge in [0.1, 0.15) is 11.4 Å². The predicted molar refractivity (Wildman–Crippen MR) is 77.1 cm³/mol. The Kier molecular flexibility index (Phi) is 3.38. The molecular formula is C14H13N5O2. The van der Waals surface area contributed by atoms with Gasteiger partial charge in [-0.1, -0.05) is 12.1 Å². The van der Waals surface area contributed by atoms with Crippen LogP contribution in [0.1, 0.15) is 10.5 Å². The second-order valence-corrected chi connectivity index (χ2v) is 4.29. The van der Waals surface area contributed by atoms with Crippen molar-refractivity contribution < 1.29 is 9.53 Å². The lowest BCUT2D eigenvalue weighted by Crippen LogP contribution is -2.13. The molecule has 0 aliphatic heterocycles. The number of methoxy groups -OCH3 is 1. The van der Waals surface area contributed by atoms with Gasteiger partial charge in [-0.3, -0.25) is 15.2 Å². The van der Waals surface area contributed by atoms with Crippen molar-refractivity contribution >= 4 is 11.9 Å². The minimum Gasteiger partial charge on any atom is -0.497 e. The molecule has 0 spiro atoms. The largest absolute Gasteiger partial charge is 0.497 e. The zero-order valence-electron chi connectivity index (χ0n) is 11.3. The summed E-state index contributed by atoms with van der Waals surface area (Å²) in [7, 11) is 1.60. The maximum Gasteiger partial charge on any atom is 0.275 e. The van der Waals surface area contributed by atoms with Crippen LogP contribution in [0.15, 0.2) is 42.7 Å². The number of nitrogens with one attached hydrogen (secondary N) is 3. The fourth-order valence-electron chi connectivity index (χ4n) is 1.88. The number of imidazole rings is 1. The molecule has 1 aromatic carbocycles. The van der Waals surface area contributed by atoms with Gasteiger partial charge in [-0.05, 0) is 18.2 Å². The molecule has 0 aliphatic carbocycles. The van der Waals surface area contributed by atoms with Gasteiger partial charge in [-0.15, -0.1) is 0 Å². The van der Waals surface area contributed by atoms with Gasteiger partial charge in [0, 0.05) is 18.0 Å². The highest BCUT2D eigenvalue weighted by Crippen LogP contribution is 2.22. The average Bonchev–Trinajstić information content (AvgIpc) is 3.18. The Morgan fingerprint density at radius 2 is 2.24 bits per heavy atom. The quantitative estimate of drug-likeness (QED) is 0.683. The first-order chi connectivity index (χ1) is 10.3. The lowest BCUT2D eigenvalue weighted by atomic mass is 10.1. The molecule has 1 amide bonds. The third kappa shape index (κ3) is 2.76. The van der Waals surface area contributed by atoms with E-state index >= 15 is 0 Å². The number of aromatic nitrogens is 4. The number of hydrogen-bond donors (Lipinski definition) is 3. The minimum absolute atomic E-state index is 0.313. The van der Waals surface area contributed by atoms with E-state index in [2.05, 4.69) is 25.5 Å². The lowest BCUT2D eigenvalue weighted by Gasteiger charge is -2.01. The minimum atomic E-state index is -0.313. The van der Waals surface area contributed by atoms with Crippen LogP contribution >= 0.6 is 0 Å². The molecule has 21 heavy (non-hydrogen) atoms. The van der Waals surface area contributed by atoms with Crippen molar-refractivity contribution in [2.75, 3.05) is 12.4 Å². The molecule has 0 saturated heterocycles. The maximum absolute atomic E-state index is 12.0. The fraction of sp³-hybridized carbons (Fsp3) is 0.0714. The van der Waals surface area contributed by atoms with Gasteiger partial charge in [0.2, 0.25) is 5.95 Å². The fourth-order valence-corrected chi connectivity index (χ4v) is 1.88. The van der Waals surface area contributed by atoms with Crippen molar-refractivity contribution in [3.05, 3.63) is 48.4 Å². The second kappa shape index (κ2) is 5.49. The Morgan fingerprint density at radius 3 is 3.00 bits per heavy atom. The average molecular weight is 283 g/mol. The standard InChI is InChI=1S/C14H13N5O2/c1-21-10-4-2-3-9(7-10)11-8-12(19-18-11)13(20)17-14-15-5-6-16-14/h2-8H,1H3,(H,18,19)(H2,15,16,17,20). The van der Waals surface area contributed by atoms with Gasteiger partial charge in [0.05, 0.1) is 12.8 Å². The Morgan fingerprint density at radius 1 is 1.33 bits per heavy atom. The lowest BCUT2D eigenvalue weighted by molar-refractivity contribution is 0.102. The smallest absolute Gasteiger partial charge is 0.275 e. The van der Waals surface area contributed by atoms with E-state index < -0.39 is 0 Å². The van der Waals surface area contributed by atoms with E-state index in [1.807, 2.05) is 24.3 Å². The molecule has 3 aromatic rings. The molecular weight excluding hydrogens is 270 g/mol. The molecule has 0 saturated carbocycles. The number of rotatable bonds is 4. The van der Waals surface area contributed by atoms with Crippen LogP contribution in [-0.2, 0) is 0 Å². The van der Waals surface area contributed by atoms with E-state index in [9.17, 15) is 4.79 Å². The van der Waals surface area contributed by atoms with Gasteiger partial charge in [-0.25, -0.2) is 4.98 Å². The Balaban J connectivity index is 1.80. The third-order valence-electron chi connectivity index (χ3n) is 2.92. The summed E-state index contributed by atoms with van der Waals surface area (Å²) in [5.74, 6) is 0.807. The molecule has 3 N–H and O–H groups in total. The molecule has 3 rings (SSSR count). The highest BCUT2D eigenvalue weighted by Gasteiger charge is 2.12. The van der Waals surface area contributed by atoms with Crippen LogP contribution in [0.25, 0.3) is 11.3 Å². The number of H-pyrrole nitrogens is 2. The zero-order valence-corrected chi connectivity index (χ0v) is 11.3. The monoisotopic (exact) mass is 283 g/mol. The van der Waals surface area contributed by atoms with Crippen molar-refractivity contribution in [2.45, 2.75) is 0 Å². The first kappa shape index (κ1) is 12.9. The van der Waals surface area contributed by atoms with Crippen LogP contribution in [0.3, 0.4) is 0 Å². The topological polar surface area (TPSA) is 95.7 Å². The van der Waals surface area contributed by atoms with Crippen LogP contribution in [0.2, 0.25) is 0 Å². The molecule has 0 fully saturated rings. The third-order valence-corrected chi connectivity index (χ3v) is 2.92. The van der Waals surface area contributed by atoms with Crippen molar-refractivity contribution in [2.24, 2.45) is 0 Å². The summed E-state index contributed by atoms with van der Waals surface area (Å²) < 4.78 is 5.17. The van der Waals surface area contributed by atoms with Crippen molar-refractivity contribution in [3.8, 4) is 17.0 Å². The molecule has 2 heterocycles. The number of nitrogens with zero attached hydrogens (tertiary/aromatic N) is 2. The van der Waals surface area contributed by atoms with Crippen molar-refractivity contribution in [3.63, 3.8) is 0 Å². The SMILES string of the molecule is COc1cccc(-c2cc(C(=O)Nc3ncc[nH]3)[nH]n2)c1. The van der Waals surface area contributed by atoms with E-state index in [1.54, 1.807) is 25.6 Å². The molecule has 106 valence electrons. The molecule has 7 heteroatoms. The number of carbonyl (C=O) groups is 1. The zero-order chi connectivity index (χ0) is 14.7.